The van der Waals surface area contributed by atoms with Crippen molar-refractivity contribution in [2.24, 2.45) is 0 Å². The second kappa shape index (κ2) is 10.3. The summed E-state index contributed by atoms with van der Waals surface area (Å²) in [7, 11) is 0. The van der Waals surface area contributed by atoms with Crippen LogP contribution in [0.1, 0.15) is 62.6 Å². The maximum Gasteiger partial charge on any atom is 0.293 e. The van der Waals surface area contributed by atoms with Crippen molar-refractivity contribution in [3.8, 4) is 0 Å². The van der Waals surface area contributed by atoms with Gasteiger partial charge in [-0.25, -0.2) is 9.87 Å². The molecule has 8 nitrogen and oxygen atoms in total. The molecule has 1 saturated heterocycles. The van der Waals surface area contributed by atoms with E-state index in [1.807, 2.05) is 51.3 Å². The summed E-state index contributed by atoms with van der Waals surface area (Å²) in [5.41, 5.74) is 5.37. The Labute approximate surface area is 204 Å². The molecule has 188 valence electrons. The smallest absolute Gasteiger partial charge is 0.293 e. The van der Waals surface area contributed by atoms with E-state index >= 15 is 0 Å². The number of hydrogen-bond acceptors (Lipinski definition) is 6. The van der Waals surface area contributed by atoms with Gasteiger partial charge in [0.1, 0.15) is 24.2 Å². The number of nitrogens with one attached hydrogen (secondary N) is 2. The molecule has 2 aliphatic rings. The molecule has 1 aromatic carbocycles. The summed E-state index contributed by atoms with van der Waals surface area (Å²) >= 11 is 0. The first-order chi connectivity index (χ1) is 16.8. The molecule has 2 aromatic heterocycles. The third-order valence-corrected chi connectivity index (χ3v) is 5.82. The fourth-order valence-corrected chi connectivity index (χ4v) is 4.17. The van der Waals surface area contributed by atoms with Gasteiger partial charge in [0.15, 0.2) is 5.79 Å². The predicted octanol–water partition coefficient (Wildman–Crippen LogP) is 5.40. The molecule has 1 saturated carbocycles. The summed E-state index contributed by atoms with van der Waals surface area (Å²) in [6.07, 6.45) is 5.03. The number of nitrogens with zero attached hydrogens (tertiary/aromatic N) is 2. The van der Waals surface area contributed by atoms with Gasteiger partial charge in [-0.05, 0) is 57.4 Å². The molecule has 3 aromatic rings. The Kier molecular flexibility index (Phi) is 7.39. The lowest BCUT2D eigenvalue weighted by Crippen LogP contribution is -2.32. The third kappa shape index (κ3) is 5.47. The van der Waals surface area contributed by atoms with Crippen LogP contribution in [0.4, 0.5) is 15.8 Å². The van der Waals surface area contributed by atoms with E-state index in [-0.39, 0.29) is 24.4 Å². The number of hydroxylamine groups is 1. The van der Waals surface area contributed by atoms with Gasteiger partial charge in [-0.3, -0.25) is 14.6 Å². The molecule has 9 heteroatoms. The van der Waals surface area contributed by atoms with E-state index < -0.39 is 17.5 Å². The van der Waals surface area contributed by atoms with Crippen molar-refractivity contribution < 1.29 is 23.5 Å². The van der Waals surface area contributed by atoms with Gasteiger partial charge in [-0.1, -0.05) is 19.9 Å². The normalized spacial score (nSPS) is 18.7. The first-order valence-electron chi connectivity index (χ1n) is 12.1. The SMILES string of the molecule is CC.Cc1ccc(Nc2c(C(=O)NOCC3COC(C)(C)O3)n(C3CC3)c3ccncc23)c(F)c1. The van der Waals surface area contributed by atoms with Gasteiger partial charge in [-0.2, -0.15) is 0 Å². The highest BCUT2D eigenvalue weighted by Crippen LogP contribution is 2.44. The van der Waals surface area contributed by atoms with Crippen molar-refractivity contribution >= 4 is 28.2 Å². The standard InChI is InChI=1S/C24H27FN4O4.C2H6/c1-14-4-7-19(18(25)10-14)27-21-17-11-26-9-8-20(17)29(15-5-6-15)22(21)23(30)28-32-13-16-12-31-24(2,3)33-16;1-2/h4,7-11,15-16,27H,5-6,12-13H2,1-3H3,(H,28,30);1-2H3. The van der Waals surface area contributed by atoms with Crippen molar-refractivity contribution in [2.45, 2.75) is 65.4 Å². The van der Waals surface area contributed by atoms with Gasteiger partial charge >= 0.3 is 0 Å². The van der Waals surface area contributed by atoms with E-state index in [0.29, 0.717) is 18.0 Å². The van der Waals surface area contributed by atoms with Crippen LogP contribution in [0.2, 0.25) is 0 Å². The lowest BCUT2D eigenvalue weighted by atomic mass is 10.2. The minimum absolute atomic E-state index is 0.149. The largest absolute Gasteiger partial charge is 0.351 e. The van der Waals surface area contributed by atoms with Crippen LogP contribution >= 0.6 is 0 Å². The van der Waals surface area contributed by atoms with Crippen LogP contribution in [-0.2, 0) is 14.3 Å². The van der Waals surface area contributed by atoms with Crippen LogP contribution in [0.5, 0.6) is 0 Å². The Morgan fingerprint density at radius 1 is 1.29 bits per heavy atom. The first kappa shape index (κ1) is 25.1. The highest BCUT2D eigenvalue weighted by atomic mass is 19.1. The molecule has 1 atom stereocenters. The molecule has 2 fully saturated rings. The zero-order valence-electron chi connectivity index (χ0n) is 20.9. The van der Waals surface area contributed by atoms with E-state index in [1.165, 1.54) is 6.07 Å². The number of carbonyl (C=O) groups is 1. The predicted molar refractivity (Wildman–Crippen MR) is 132 cm³/mol. The number of anilines is 2. The molecule has 3 heterocycles. The van der Waals surface area contributed by atoms with Crippen molar-refractivity contribution in [3.63, 3.8) is 0 Å². The van der Waals surface area contributed by atoms with Crippen LogP contribution in [0, 0.1) is 12.7 Å². The van der Waals surface area contributed by atoms with Gasteiger partial charge < -0.3 is 19.4 Å². The average Bonchev–Trinajstić information content (AvgIpc) is 3.54. The van der Waals surface area contributed by atoms with Gasteiger partial charge in [0.05, 0.1) is 23.5 Å². The Balaban J connectivity index is 0.00000141. The van der Waals surface area contributed by atoms with Crippen molar-refractivity contribution in [1.29, 1.82) is 0 Å². The maximum absolute atomic E-state index is 14.6. The monoisotopic (exact) mass is 484 g/mol. The Morgan fingerprint density at radius 3 is 2.71 bits per heavy atom. The number of fused-ring (bicyclic) bond motifs is 1. The maximum atomic E-state index is 14.6. The molecule has 5 rings (SSSR count). The molecule has 1 amide bonds. The molecule has 0 spiro atoms. The minimum atomic E-state index is -0.668. The zero-order chi connectivity index (χ0) is 25.2. The molecule has 1 aliphatic heterocycles. The fraction of sp³-hybridized carbons (Fsp3) is 0.462. The summed E-state index contributed by atoms with van der Waals surface area (Å²) in [6, 6.07) is 7.00. The lowest BCUT2D eigenvalue weighted by Gasteiger charge is -2.17. The van der Waals surface area contributed by atoms with Gasteiger partial charge in [0.2, 0.25) is 0 Å². The summed E-state index contributed by atoms with van der Waals surface area (Å²) in [5, 5.41) is 3.88. The van der Waals surface area contributed by atoms with Crippen LogP contribution in [0.25, 0.3) is 10.9 Å². The number of aromatic nitrogens is 2. The minimum Gasteiger partial charge on any atom is -0.351 e. The Morgan fingerprint density at radius 2 is 2.06 bits per heavy atom. The second-order valence-corrected chi connectivity index (χ2v) is 9.02. The molecular formula is C26H33FN4O4. The molecular weight excluding hydrogens is 451 g/mol. The number of rotatable bonds is 7. The topological polar surface area (TPSA) is 86.6 Å². The summed E-state index contributed by atoms with van der Waals surface area (Å²) in [5.74, 6) is -1.49. The number of hydrogen-bond donors (Lipinski definition) is 2. The molecule has 2 N–H and O–H groups in total. The van der Waals surface area contributed by atoms with Crippen LogP contribution in [0.15, 0.2) is 36.7 Å². The van der Waals surface area contributed by atoms with E-state index in [9.17, 15) is 9.18 Å². The van der Waals surface area contributed by atoms with Crippen molar-refractivity contribution in [3.05, 3.63) is 53.7 Å². The number of carbonyl (C=O) groups excluding carboxylic acids is 1. The molecule has 0 bridgehead atoms. The Bertz CT molecular complexity index is 1210. The number of pyridine rings is 1. The number of amides is 1. The van der Waals surface area contributed by atoms with E-state index in [0.717, 1.165) is 29.3 Å². The van der Waals surface area contributed by atoms with E-state index in [4.69, 9.17) is 14.3 Å². The van der Waals surface area contributed by atoms with E-state index in [1.54, 1.807) is 18.5 Å². The fourth-order valence-electron chi connectivity index (χ4n) is 4.17. The highest BCUT2D eigenvalue weighted by molar-refractivity contribution is 6.09. The molecule has 1 unspecified atom stereocenters. The lowest BCUT2D eigenvalue weighted by molar-refractivity contribution is -0.147. The van der Waals surface area contributed by atoms with Crippen molar-refractivity contribution in [2.75, 3.05) is 18.5 Å². The second-order valence-electron chi connectivity index (χ2n) is 9.02. The van der Waals surface area contributed by atoms with Crippen LogP contribution in [-0.4, -0.2) is 40.6 Å². The van der Waals surface area contributed by atoms with Crippen LogP contribution in [0.3, 0.4) is 0 Å². The van der Waals surface area contributed by atoms with E-state index in [2.05, 4.69) is 15.8 Å². The number of ether oxygens (including phenoxy) is 2. The Hall–Kier alpha value is -3.01. The van der Waals surface area contributed by atoms with Gasteiger partial charge in [0, 0.05) is 23.8 Å². The third-order valence-electron chi connectivity index (χ3n) is 5.82. The molecule has 0 radical (unpaired) electrons. The first-order valence-corrected chi connectivity index (χ1v) is 12.1. The summed E-state index contributed by atoms with van der Waals surface area (Å²) in [4.78, 5) is 23.1. The van der Waals surface area contributed by atoms with Gasteiger partial charge in [-0.15, -0.1) is 0 Å². The van der Waals surface area contributed by atoms with Crippen molar-refractivity contribution in [1.82, 2.24) is 15.0 Å². The van der Waals surface area contributed by atoms with Crippen LogP contribution < -0.4 is 10.8 Å². The van der Waals surface area contributed by atoms with Gasteiger partial charge in [0.25, 0.3) is 5.91 Å². The molecule has 35 heavy (non-hydrogen) atoms. The number of aryl methyl sites for hydroxylation is 1. The number of benzene rings is 1. The quantitative estimate of drug-likeness (QED) is 0.437. The average molecular weight is 485 g/mol. The zero-order valence-corrected chi connectivity index (χ0v) is 20.9. The molecule has 1 aliphatic carbocycles. The number of halogens is 1. The summed E-state index contributed by atoms with van der Waals surface area (Å²) < 4.78 is 27.9. The summed E-state index contributed by atoms with van der Waals surface area (Å²) in [6.45, 7) is 10.0. The highest BCUT2D eigenvalue weighted by Gasteiger charge is 2.35.